The van der Waals surface area contributed by atoms with E-state index in [4.69, 9.17) is 0 Å². The average molecular weight is 276 g/mol. The summed E-state index contributed by atoms with van der Waals surface area (Å²) < 4.78 is 0. The van der Waals surface area contributed by atoms with Gasteiger partial charge in [-0.2, -0.15) is 0 Å². The molecule has 1 heterocycles. The summed E-state index contributed by atoms with van der Waals surface area (Å²) in [5.74, 6) is -0.0966. The van der Waals surface area contributed by atoms with Crippen LogP contribution in [0.2, 0.25) is 0 Å². The number of carbonyl (C=O) groups excluding carboxylic acids is 1. The molecule has 1 N–H and O–H groups in total. The van der Waals surface area contributed by atoms with Crippen molar-refractivity contribution in [3.63, 3.8) is 0 Å². The van der Waals surface area contributed by atoms with Crippen LogP contribution in [0, 0.1) is 13.8 Å². The van der Waals surface area contributed by atoms with Crippen LogP contribution in [0.3, 0.4) is 0 Å². The predicted octanol–water partition coefficient (Wildman–Crippen LogP) is 4.10. The summed E-state index contributed by atoms with van der Waals surface area (Å²) in [6, 6.07) is 13.5. The molecule has 1 amide bonds. The van der Waals surface area contributed by atoms with Crippen LogP contribution < -0.4 is 5.32 Å². The molecule has 0 unspecified atom stereocenters. The van der Waals surface area contributed by atoms with Crippen molar-refractivity contribution in [3.05, 3.63) is 71.5 Å². The maximum absolute atomic E-state index is 12.4. The van der Waals surface area contributed by atoms with Crippen LogP contribution in [-0.4, -0.2) is 10.9 Å². The number of pyridine rings is 1. The van der Waals surface area contributed by atoms with E-state index in [1.54, 1.807) is 12.4 Å². The Kier molecular flexibility index (Phi) is 3.40. The lowest BCUT2D eigenvalue weighted by Gasteiger charge is -2.09. The van der Waals surface area contributed by atoms with Crippen molar-refractivity contribution in [3.8, 4) is 0 Å². The summed E-state index contributed by atoms with van der Waals surface area (Å²) >= 11 is 0. The molecule has 3 rings (SSSR count). The predicted molar refractivity (Wildman–Crippen MR) is 85.6 cm³/mol. The third-order valence-electron chi connectivity index (χ3n) is 3.53. The van der Waals surface area contributed by atoms with Crippen LogP contribution in [0.4, 0.5) is 5.69 Å². The molecule has 1 aromatic heterocycles. The molecule has 0 aliphatic rings. The molecule has 0 aliphatic heterocycles. The summed E-state index contributed by atoms with van der Waals surface area (Å²) in [6.45, 7) is 4.03. The van der Waals surface area contributed by atoms with Gasteiger partial charge in [0.05, 0.1) is 0 Å². The SMILES string of the molecule is Cc1ccc(NC(=O)c2ccc3cnccc3c2)c(C)c1. The largest absolute Gasteiger partial charge is 0.322 e. The lowest BCUT2D eigenvalue weighted by molar-refractivity contribution is 0.102. The maximum Gasteiger partial charge on any atom is 0.255 e. The molecule has 3 nitrogen and oxygen atoms in total. The van der Waals surface area contributed by atoms with Gasteiger partial charge in [-0.3, -0.25) is 9.78 Å². The Bertz CT molecular complexity index is 824. The normalized spacial score (nSPS) is 10.6. The van der Waals surface area contributed by atoms with E-state index in [9.17, 15) is 4.79 Å². The number of rotatable bonds is 2. The topological polar surface area (TPSA) is 42.0 Å². The Morgan fingerprint density at radius 1 is 1.00 bits per heavy atom. The number of nitrogens with one attached hydrogen (secondary N) is 1. The van der Waals surface area contributed by atoms with E-state index < -0.39 is 0 Å². The second-order valence-corrected chi connectivity index (χ2v) is 5.21. The number of anilines is 1. The van der Waals surface area contributed by atoms with Crippen LogP contribution in [0.15, 0.2) is 54.9 Å². The summed E-state index contributed by atoms with van der Waals surface area (Å²) in [7, 11) is 0. The number of fused-ring (bicyclic) bond motifs is 1. The molecule has 0 spiro atoms. The Labute approximate surface area is 123 Å². The summed E-state index contributed by atoms with van der Waals surface area (Å²) in [5.41, 5.74) is 3.74. The molecule has 0 aliphatic carbocycles. The average Bonchev–Trinajstić information content (AvgIpc) is 2.49. The minimum atomic E-state index is -0.0966. The smallest absolute Gasteiger partial charge is 0.255 e. The van der Waals surface area contributed by atoms with Gasteiger partial charge in [0.1, 0.15) is 0 Å². The van der Waals surface area contributed by atoms with Crippen molar-refractivity contribution in [1.82, 2.24) is 4.98 Å². The monoisotopic (exact) mass is 276 g/mol. The van der Waals surface area contributed by atoms with Crippen LogP contribution in [0.5, 0.6) is 0 Å². The van der Waals surface area contributed by atoms with Gasteiger partial charge in [0.2, 0.25) is 0 Å². The lowest BCUT2D eigenvalue weighted by atomic mass is 10.1. The molecule has 0 radical (unpaired) electrons. The summed E-state index contributed by atoms with van der Waals surface area (Å²) in [6.07, 6.45) is 3.52. The van der Waals surface area contributed by atoms with E-state index >= 15 is 0 Å². The van der Waals surface area contributed by atoms with Crippen molar-refractivity contribution in [2.45, 2.75) is 13.8 Å². The fourth-order valence-electron chi connectivity index (χ4n) is 2.37. The maximum atomic E-state index is 12.4. The first-order chi connectivity index (χ1) is 10.1. The lowest BCUT2D eigenvalue weighted by Crippen LogP contribution is -2.12. The zero-order valence-corrected chi connectivity index (χ0v) is 12.1. The second kappa shape index (κ2) is 5.37. The molecule has 3 aromatic rings. The molecular formula is C18H16N2O. The zero-order valence-electron chi connectivity index (χ0n) is 12.1. The van der Waals surface area contributed by atoms with Gasteiger partial charge in [0.15, 0.2) is 0 Å². The van der Waals surface area contributed by atoms with Crippen molar-refractivity contribution < 1.29 is 4.79 Å². The first-order valence-electron chi connectivity index (χ1n) is 6.86. The van der Waals surface area contributed by atoms with Gasteiger partial charge in [-0.1, -0.05) is 23.8 Å². The third-order valence-corrected chi connectivity index (χ3v) is 3.53. The molecule has 0 atom stereocenters. The first kappa shape index (κ1) is 13.3. The molecule has 0 fully saturated rings. The van der Waals surface area contributed by atoms with Crippen LogP contribution >= 0.6 is 0 Å². The second-order valence-electron chi connectivity index (χ2n) is 5.21. The zero-order chi connectivity index (χ0) is 14.8. The van der Waals surface area contributed by atoms with Crippen LogP contribution in [0.1, 0.15) is 21.5 Å². The van der Waals surface area contributed by atoms with Crippen LogP contribution in [0.25, 0.3) is 10.8 Å². The van der Waals surface area contributed by atoms with Crippen molar-refractivity contribution in [2.24, 2.45) is 0 Å². The highest BCUT2D eigenvalue weighted by atomic mass is 16.1. The van der Waals surface area contributed by atoms with E-state index in [0.717, 1.165) is 22.0 Å². The molecular weight excluding hydrogens is 260 g/mol. The van der Waals surface area contributed by atoms with Gasteiger partial charge >= 0.3 is 0 Å². The molecule has 104 valence electrons. The minimum absolute atomic E-state index is 0.0966. The van der Waals surface area contributed by atoms with E-state index in [2.05, 4.69) is 16.4 Å². The van der Waals surface area contributed by atoms with Gasteiger partial charge in [0.25, 0.3) is 5.91 Å². The minimum Gasteiger partial charge on any atom is -0.322 e. The number of amides is 1. The van der Waals surface area contributed by atoms with Crippen molar-refractivity contribution in [2.75, 3.05) is 5.32 Å². The number of hydrogen-bond acceptors (Lipinski definition) is 2. The van der Waals surface area contributed by atoms with Gasteiger partial charge in [-0.15, -0.1) is 0 Å². The molecule has 21 heavy (non-hydrogen) atoms. The number of aryl methyl sites for hydroxylation is 2. The Balaban J connectivity index is 1.89. The van der Waals surface area contributed by atoms with Crippen LogP contribution in [-0.2, 0) is 0 Å². The van der Waals surface area contributed by atoms with E-state index in [1.807, 2.05) is 50.2 Å². The molecule has 3 heteroatoms. The Morgan fingerprint density at radius 3 is 2.67 bits per heavy atom. The number of hydrogen-bond donors (Lipinski definition) is 1. The number of nitrogens with zero attached hydrogens (tertiary/aromatic N) is 1. The standard InChI is InChI=1S/C18H16N2O/c1-12-3-6-17(13(2)9-12)20-18(21)15-4-5-16-11-19-8-7-14(16)10-15/h3-11H,1-2H3,(H,20,21). The molecule has 0 saturated carbocycles. The quantitative estimate of drug-likeness (QED) is 0.765. The van der Waals surface area contributed by atoms with E-state index in [0.29, 0.717) is 5.56 Å². The fourth-order valence-corrected chi connectivity index (χ4v) is 2.37. The molecule has 2 aromatic carbocycles. The number of carbonyl (C=O) groups is 1. The van der Waals surface area contributed by atoms with Gasteiger partial charge in [-0.05, 0) is 49.1 Å². The fraction of sp³-hybridized carbons (Fsp3) is 0.111. The summed E-state index contributed by atoms with van der Waals surface area (Å²) in [5, 5.41) is 5.00. The number of aromatic nitrogens is 1. The van der Waals surface area contributed by atoms with Crippen molar-refractivity contribution >= 4 is 22.4 Å². The molecule has 0 bridgehead atoms. The van der Waals surface area contributed by atoms with Gasteiger partial charge < -0.3 is 5.32 Å². The summed E-state index contributed by atoms with van der Waals surface area (Å²) in [4.78, 5) is 16.4. The number of benzene rings is 2. The van der Waals surface area contributed by atoms with E-state index in [-0.39, 0.29) is 5.91 Å². The first-order valence-corrected chi connectivity index (χ1v) is 6.86. The Morgan fingerprint density at radius 2 is 1.86 bits per heavy atom. The highest BCUT2D eigenvalue weighted by Crippen LogP contribution is 2.19. The van der Waals surface area contributed by atoms with Gasteiger partial charge in [-0.25, -0.2) is 0 Å². The Hall–Kier alpha value is -2.68. The molecule has 0 saturated heterocycles. The third kappa shape index (κ3) is 2.77. The highest BCUT2D eigenvalue weighted by molar-refractivity contribution is 6.06. The van der Waals surface area contributed by atoms with Gasteiger partial charge in [0, 0.05) is 29.0 Å². The van der Waals surface area contributed by atoms with Crippen molar-refractivity contribution in [1.29, 1.82) is 0 Å². The van der Waals surface area contributed by atoms with E-state index in [1.165, 1.54) is 5.56 Å². The highest BCUT2D eigenvalue weighted by Gasteiger charge is 2.08.